The topological polar surface area (TPSA) is 111 Å². The van der Waals surface area contributed by atoms with Crippen molar-refractivity contribution in [2.24, 2.45) is 0 Å². The van der Waals surface area contributed by atoms with Gasteiger partial charge in [0, 0.05) is 49.7 Å². The Morgan fingerprint density at radius 2 is 1.77 bits per heavy atom. The first-order chi connectivity index (χ1) is 21.1. The molecule has 0 unspecified atom stereocenters. The Bertz CT molecular complexity index is 1940. The van der Waals surface area contributed by atoms with E-state index in [4.69, 9.17) is 9.72 Å². The van der Waals surface area contributed by atoms with Gasteiger partial charge in [0.15, 0.2) is 0 Å². The van der Waals surface area contributed by atoms with Crippen LogP contribution in [-0.4, -0.2) is 53.7 Å². The van der Waals surface area contributed by atoms with Crippen LogP contribution in [0.5, 0.6) is 5.75 Å². The Labute approximate surface area is 254 Å². The van der Waals surface area contributed by atoms with Crippen LogP contribution in [0.2, 0.25) is 0 Å². The predicted octanol–water partition coefficient (Wildman–Crippen LogP) is 5.34. The predicted molar refractivity (Wildman–Crippen MR) is 167 cm³/mol. The number of rotatable bonds is 9. The molecule has 1 saturated heterocycles. The van der Waals surface area contributed by atoms with Crippen LogP contribution in [0, 0.1) is 5.82 Å². The summed E-state index contributed by atoms with van der Waals surface area (Å²) in [4.78, 5) is 27.5. The number of hydrogen-bond donors (Lipinski definition) is 0. The molecule has 0 bridgehead atoms. The summed E-state index contributed by atoms with van der Waals surface area (Å²) in [5.41, 5.74) is 4.78. The number of anilines is 2. The molecule has 1 atom stereocenters. The van der Waals surface area contributed by atoms with Gasteiger partial charge in [-0.25, -0.2) is 32.1 Å². The molecule has 3 heterocycles. The van der Waals surface area contributed by atoms with Crippen LogP contribution in [-0.2, 0) is 21.4 Å². The number of imidazole rings is 1. The van der Waals surface area contributed by atoms with Gasteiger partial charge in [0.1, 0.15) is 24.0 Å². The highest BCUT2D eigenvalue weighted by Gasteiger charge is 2.23. The highest BCUT2D eigenvalue weighted by atomic mass is 32.2. The fourth-order valence-corrected chi connectivity index (χ4v) is 5.73. The molecule has 6 rings (SSSR count). The van der Waals surface area contributed by atoms with Crippen molar-refractivity contribution in [2.75, 3.05) is 29.1 Å². The Kier molecular flexibility index (Phi) is 7.76. The molecular formula is C32H31FN6O4S. The Morgan fingerprint density at radius 3 is 2.45 bits per heavy atom. The lowest BCUT2D eigenvalue weighted by molar-refractivity contribution is -0.117. The van der Waals surface area contributed by atoms with Crippen LogP contribution in [0.3, 0.4) is 0 Å². The molecule has 1 aliphatic heterocycles. The van der Waals surface area contributed by atoms with Gasteiger partial charge in [-0.3, -0.25) is 4.79 Å². The van der Waals surface area contributed by atoms with E-state index in [0.717, 1.165) is 44.8 Å². The van der Waals surface area contributed by atoms with Gasteiger partial charge in [0.25, 0.3) is 0 Å². The van der Waals surface area contributed by atoms with Gasteiger partial charge in [0.05, 0.1) is 23.3 Å². The summed E-state index contributed by atoms with van der Waals surface area (Å²) in [6.07, 6.45) is 5.64. The number of carbonyl (C=O) groups excluding carboxylic acids is 1. The minimum Gasteiger partial charge on any atom is -0.486 e. The van der Waals surface area contributed by atoms with Gasteiger partial charge in [-0.05, 0) is 60.9 Å². The fraction of sp³-hybridized carbons (Fsp3) is 0.250. The zero-order valence-corrected chi connectivity index (χ0v) is 25.3. The number of halogens is 1. The Morgan fingerprint density at radius 1 is 1.02 bits per heavy atom. The maximum atomic E-state index is 13.8. The van der Waals surface area contributed by atoms with Gasteiger partial charge in [-0.2, -0.15) is 0 Å². The second-order valence-corrected chi connectivity index (χ2v) is 12.8. The van der Waals surface area contributed by atoms with E-state index in [1.54, 1.807) is 29.4 Å². The number of sulfonamides is 1. The zero-order valence-electron chi connectivity index (χ0n) is 24.5. The van der Waals surface area contributed by atoms with E-state index in [9.17, 15) is 17.6 Å². The number of ether oxygens (including phenoxy) is 1. The van der Waals surface area contributed by atoms with E-state index >= 15 is 0 Å². The minimum absolute atomic E-state index is 0.0740. The molecule has 226 valence electrons. The number of nitrogens with zero attached hydrogens (tertiary/aromatic N) is 6. The fourth-order valence-electron chi connectivity index (χ4n) is 5.34. The number of hydrogen-bond acceptors (Lipinski definition) is 7. The van der Waals surface area contributed by atoms with Crippen molar-refractivity contribution in [3.05, 3.63) is 96.3 Å². The summed E-state index contributed by atoms with van der Waals surface area (Å²) in [6, 6.07) is 19.4. The molecule has 44 heavy (non-hydrogen) atoms. The standard InChI is InChI=1S/C32H31FN6O4S/c1-21(22-9-12-25(33)13-10-22)39-29-16-23(24-18-34-32(35-19-24)37(2)44(3,41)42)11-14-28(29)36-30(39)20-43-27-7-4-6-26(17-27)38-15-5-8-31(38)40/h4,6-7,9-14,16-19,21H,5,8,15,20H2,1-3H3/t21-/m0/s1. The van der Waals surface area contributed by atoms with Crippen LogP contribution in [0.25, 0.3) is 22.2 Å². The molecule has 0 N–H and O–H groups in total. The van der Waals surface area contributed by atoms with E-state index < -0.39 is 10.0 Å². The molecule has 0 spiro atoms. The van der Waals surface area contributed by atoms with Gasteiger partial charge in [-0.1, -0.05) is 24.3 Å². The molecule has 10 nitrogen and oxygen atoms in total. The van der Waals surface area contributed by atoms with Gasteiger partial charge in [-0.15, -0.1) is 0 Å². The maximum Gasteiger partial charge on any atom is 0.238 e. The van der Waals surface area contributed by atoms with E-state index in [0.29, 0.717) is 30.1 Å². The molecule has 1 aliphatic rings. The molecule has 0 aliphatic carbocycles. The Hall–Kier alpha value is -4.84. The van der Waals surface area contributed by atoms with Gasteiger partial charge >= 0.3 is 0 Å². The van der Waals surface area contributed by atoms with Crippen LogP contribution >= 0.6 is 0 Å². The van der Waals surface area contributed by atoms with Gasteiger partial charge in [0.2, 0.25) is 21.9 Å². The number of fused-ring (bicyclic) bond motifs is 1. The molecule has 1 amide bonds. The third-order valence-electron chi connectivity index (χ3n) is 7.82. The summed E-state index contributed by atoms with van der Waals surface area (Å²) >= 11 is 0. The van der Waals surface area contributed by atoms with Crippen molar-refractivity contribution in [1.82, 2.24) is 19.5 Å². The first-order valence-electron chi connectivity index (χ1n) is 14.1. The maximum absolute atomic E-state index is 13.8. The summed E-state index contributed by atoms with van der Waals surface area (Å²) in [5, 5.41) is 0. The largest absolute Gasteiger partial charge is 0.486 e. The molecule has 1 fully saturated rings. The summed E-state index contributed by atoms with van der Waals surface area (Å²) in [7, 11) is -2.09. The normalized spacial score (nSPS) is 14.3. The molecule has 0 saturated carbocycles. The molecular weight excluding hydrogens is 583 g/mol. The van der Waals surface area contributed by atoms with Crippen molar-refractivity contribution < 1.29 is 22.3 Å². The highest BCUT2D eigenvalue weighted by molar-refractivity contribution is 7.92. The third kappa shape index (κ3) is 5.85. The minimum atomic E-state index is -3.49. The van der Waals surface area contributed by atoms with Gasteiger partial charge < -0.3 is 14.2 Å². The van der Waals surface area contributed by atoms with Crippen molar-refractivity contribution in [3.8, 4) is 16.9 Å². The van der Waals surface area contributed by atoms with E-state index in [-0.39, 0.29) is 30.3 Å². The first kappa shape index (κ1) is 29.2. The summed E-state index contributed by atoms with van der Waals surface area (Å²) in [5.74, 6) is 1.15. The van der Waals surface area contributed by atoms with Crippen LogP contribution in [0.15, 0.2) is 79.1 Å². The SMILES string of the molecule is C[C@@H](c1ccc(F)cc1)n1c(COc2cccc(N3CCCC3=O)c2)nc2ccc(-c3cnc(N(C)S(C)(=O)=O)nc3)cc21. The van der Waals surface area contributed by atoms with Crippen molar-refractivity contribution in [3.63, 3.8) is 0 Å². The molecule has 2 aromatic heterocycles. The van der Waals surface area contributed by atoms with Crippen molar-refractivity contribution >= 4 is 38.6 Å². The van der Waals surface area contributed by atoms with E-state index in [1.165, 1.54) is 19.2 Å². The second kappa shape index (κ2) is 11.7. The van der Waals surface area contributed by atoms with Crippen molar-refractivity contribution in [1.29, 1.82) is 0 Å². The third-order valence-corrected chi connectivity index (χ3v) is 8.98. The lowest BCUT2D eigenvalue weighted by Crippen LogP contribution is -2.26. The average molecular weight is 615 g/mol. The molecule has 5 aromatic rings. The number of benzene rings is 3. The van der Waals surface area contributed by atoms with Crippen LogP contribution in [0.4, 0.5) is 16.0 Å². The quantitative estimate of drug-likeness (QED) is 0.220. The Balaban J connectivity index is 1.36. The highest BCUT2D eigenvalue weighted by Crippen LogP contribution is 2.31. The summed E-state index contributed by atoms with van der Waals surface area (Å²) in [6.45, 7) is 2.86. The zero-order chi connectivity index (χ0) is 31.0. The number of amides is 1. The van der Waals surface area contributed by atoms with E-state index in [1.807, 2.05) is 49.4 Å². The van der Waals surface area contributed by atoms with Crippen molar-refractivity contribution in [2.45, 2.75) is 32.4 Å². The monoisotopic (exact) mass is 614 g/mol. The van der Waals surface area contributed by atoms with Crippen LogP contribution < -0.4 is 13.9 Å². The van der Waals surface area contributed by atoms with E-state index in [2.05, 4.69) is 14.5 Å². The van der Waals surface area contributed by atoms with Crippen LogP contribution in [0.1, 0.15) is 37.2 Å². The number of carbonyl (C=O) groups is 1. The second-order valence-electron chi connectivity index (χ2n) is 10.8. The molecule has 12 heteroatoms. The smallest absolute Gasteiger partial charge is 0.238 e. The number of aromatic nitrogens is 4. The lowest BCUT2D eigenvalue weighted by Gasteiger charge is -2.20. The summed E-state index contributed by atoms with van der Waals surface area (Å²) < 4.78 is 46.9. The lowest BCUT2D eigenvalue weighted by atomic mass is 10.1. The molecule has 0 radical (unpaired) electrons. The average Bonchev–Trinajstić information content (AvgIpc) is 3.62. The first-order valence-corrected chi connectivity index (χ1v) is 16.0. The molecule has 3 aromatic carbocycles.